The highest BCUT2D eigenvalue weighted by Gasteiger charge is 2.70. The van der Waals surface area contributed by atoms with E-state index in [0.717, 1.165) is 23.7 Å². The number of hydrogen-bond acceptors (Lipinski definition) is 0. The van der Waals surface area contributed by atoms with Crippen LogP contribution in [0.4, 0.5) is 0 Å². The van der Waals surface area contributed by atoms with Crippen LogP contribution in [-0.4, -0.2) is 0 Å². The summed E-state index contributed by atoms with van der Waals surface area (Å²) >= 11 is 0. The van der Waals surface area contributed by atoms with Crippen molar-refractivity contribution >= 4 is 0 Å². The summed E-state index contributed by atoms with van der Waals surface area (Å²) in [5, 5.41) is 0. The zero-order valence-corrected chi connectivity index (χ0v) is 26.9. The fourth-order valence-electron chi connectivity index (χ4n) is 14.4. The fourth-order valence-corrected chi connectivity index (χ4v) is 14.4. The molecule has 8 saturated carbocycles. The molecule has 0 aliphatic heterocycles. The molecule has 10 rings (SSSR count). The Morgan fingerprint density at radius 2 is 0.700 bits per heavy atom. The Morgan fingerprint density at radius 3 is 0.975 bits per heavy atom. The highest BCUT2D eigenvalue weighted by atomic mass is 14.7. The third kappa shape index (κ3) is 3.21. The van der Waals surface area contributed by atoms with Crippen molar-refractivity contribution in [2.24, 2.45) is 34.5 Å². The van der Waals surface area contributed by atoms with E-state index in [9.17, 15) is 0 Å². The summed E-state index contributed by atoms with van der Waals surface area (Å²) in [5.41, 5.74) is 18.4. The molecular weight excluding hydrogens is 480 g/mol. The van der Waals surface area contributed by atoms with Gasteiger partial charge in [-0.1, -0.05) is 12.1 Å². The normalized spacial score (nSPS) is 42.7. The van der Waals surface area contributed by atoms with Crippen molar-refractivity contribution in [2.75, 3.05) is 0 Å². The molecule has 4 unspecified atom stereocenters. The lowest BCUT2D eigenvalue weighted by Crippen LogP contribution is -2.66. The Morgan fingerprint density at radius 1 is 0.425 bits per heavy atom. The second kappa shape index (κ2) is 8.08. The standard InChI is InChI=1S/C40H54/c1-23-9-24(2)28(6)35(27(23)5)37-13-31-11-32(14-37)18-39(17-31,21-37)40-19-33-12-34(20-40)16-38(15-33,22-40)36-29(7)25(3)10-26(4)30(36)8/h9-10,31-34H,11-22H2,1-8H3. The molecule has 0 aromatic heterocycles. The molecule has 8 aliphatic carbocycles. The zero-order chi connectivity index (χ0) is 28.0. The van der Waals surface area contributed by atoms with Crippen LogP contribution in [-0.2, 0) is 10.8 Å². The first-order chi connectivity index (χ1) is 18.9. The first kappa shape index (κ1) is 26.1. The summed E-state index contributed by atoms with van der Waals surface area (Å²) in [7, 11) is 0. The monoisotopic (exact) mass is 534 g/mol. The first-order valence-corrected chi connectivity index (χ1v) is 17.0. The van der Waals surface area contributed by atoms with Crippen LogP contribution in [0.3, 0.4) is 0 Å². The van der Waals surface area contributed by atoms with E-state index in [1.807, 2.05) is 11.1 Å². The van der Waals surface area contributed by atoms with Crippen molar-refractivity contribution in [3.63, 3.8) is 0 Å². The van der Waals surface area contributed by atoms with Gasteiger partial charge in [0.1, 0.15) is 0 Å². The molecule has 0 nitrogen and oxygen atoms in total. The van der Waals surface area contributed by atoms with E-state index < -0.39 is 0 Å². The molecule has 4 atom stereocenters. The van der Waals surface area contributed by atoms with Gasteiger partial charge in [0.25, 0.3) is 0 Å². The molecule has 40 heavy (non-hydrogen) atoms. The maximum atomic E-state index is 2.48. The van der Waals surface area contributed by atoms with Gasteiger partial charge in [-0.2, -0.15) is 0 Å². The van der Waals surface area contributed by atoms with E-state index >= 15 is 0 Å². The van der Waals surface area contributed by atoms with Gasteiger partial charge in [-0.05, 0) is 233 Å². The molecule has 0 spiro atoms. The Bertz CT molecular complexity index is 1240. The SMILES string of the molecule is Cc1cc(C)c(C)c(C23CC4CC(C2)CC(C25CC6CC(CC(c7c(C)c(C)cc(C)c7C)(C6)C2)C5)(C4)C3)c1C. The van der Waals surface area contributed by atoms with E-state index in [1.54, 1.807) is 47.9 Å². The van der Waals surface area contributed by atoms with Gasteiger partial charge in [-0.3, -0.25) is 0 Å². The van der Waals surface area contributed by atoms with Gasteiger partial charge in [0.2, 0.25) is 0 Å². The van der Waals surface area contributed by atoms with Gasteiger partial charge in [0.05, 0.1) is 0 Å². The van der Waals surface area contributed by atoms with Crippen molar-refractivity contribution in [3.8, 4) is 0 Å². The van der Waals surface area contributed by atoms with E-state index in [-0.39, 0.29) is 0 Å². The summed E-state index contributed by atoms with van der Waals surface area (Å²) in [5.74, 6) is 3.87. The van der Waals surface area contributed by atoms with Crippen LogP contribution < -0.4 is 0 Å². The molecule has 0 saturated heterocycles. The van der Waals surface area contributed by atoms with E-state index in [0.29, 0.717) is 21.7 Å². The largest absolute Gasteiger partial charge is 0.0558 e. The minimum atomic E-state index is 0.442. The number of benzene rings is 2. The lowest BCUT2D eigenvalue weighted by atomic mass is 9.30. The lowest BCUT2D eigenvalue weighted by Gasteiger charge is -2.74. The van der Waals surface area contributed by atoms with Crippen LogP contribution in [0, 0.1) is 89.9 Å². The summed E-state index contributed by atoms with van der Waals surface area (Å²) in [6, 6.07) is 4.95. The van der Waals surface area contributed by atoms with Gasteiger partial charge in [-0.15, -0.1) is 0 Å². The van der Waals surface area contributed by atoms with Crippen LogP contribution in [0.5, 0.6) is 0 Å². The Hall–Kier alpha value is -1.56. The smallest absolute Gasteiger partial charge is 0.00308 e. The van der Waals surface area contributed by atoms with Gasteiger partial charge in [0.15, 0.2) is 0 Å². The fraction of sp³-hybridized carbons (Fsp3) is 0.700. The summed E-state index contributed by atoms with van der Waals surface area (Å²) in [6.07, 6.45) is 18.3. The molecule has 8 fully saturated rings. The topological polar surface area (TPSA) is 0 Å². The summed E-state index contributed by atoms with van der Waals surface area (Å²) < 4.78 is 0. The maximum Gasteiger partial charge on any atom is -0.00308 e. The van der Waals surface area contributed by atoms with Crippen molar-refractivity contribution in [2.45, 2.75) is 143 Å². The minimum Gasteiger partial charge on any atom is -0.0558 e. The third-order valence-electron chi connectivity index (χ3n) is 15.0. The number of hydrogen-bond donors (Lipinski definition) is 0. The highest BCUT2D eigenvalue weighted by molar-refractivity contribution is 5.51. The predicted molar refractivity (Wildman–Crippen MR) is 168 cm³/mol. The van der Waals surface area contributed by atoms with Crippen molar-refractivity contribution in [3.05, 3.63) is 67.8 Å². The molecule has 2 aromatic rings. The molecule has 8 aliphatic rings. The molecule has 0 N–H and O–H groups in total. The lowest BCUT2D eigenvalue weighted by molar-refractivity contribution is -0.212. The number of aryl methyl sites for hydroxylation is 4. The quantitative estimate of drug-likeness (QED) is 0.367. The van der Waals surface area contributed by atoms with Crippen LogP contribution in [0.1, 0.15) is 133 Å². The molecule has 214 valence electrons. The van der Waals surface area contributed by atoms with E-state index in [2.05, 4.69) is 67.5 Å². The first-order valence-electron chi connectivity index (χ1n) is 17.0. The van der Waals surface area contributed by atoms with E-state index in [1.165, 1.54) is 73.6 Å². The molecule has 0 amide bonds. The zero-order valence-electron chi connectivity index (χ0n) is 26.9. The van der Waals surface area contributed by atoms with Crippen molar-refractivity contribution in [1.29, 1.82) is 0 Å². The van der Waals surface area contributed by atoms with Crippen LogP contribution in [0.15, 0.2) is 12.1 Å². The molecule has 2 aromatic carbocycles. The molecular formula is C40H54. The van der Waals surface area contributed by atoms with Gasteiger partial charge in [-0.25, -0.2) is 0 Å². The summed E-state index contributed by atoms with van der Waals surface area (Å²) in [4.78, 5) is 0. The minimum absolute atomic E-state index is 0.442. The Balaban J connectivity index is 1.29. The number of rotatable bonds is 3. The predicted octanol–water partition coefficient (Wildman–Crippen LogP) is 10.5. The maximum absolute atomic E-state index is 2.48. The average molecular weight is 535 g/mol. The van der Waals surface area contributed by atoms with Crippen LogP contribution >= 0.6 is 0 Å². The van der Waals surface area contributed by atoms with Crippen LogP contribution in [0.25, 0.3) is 0 Å². The van der Waals surface area contributed by atoms with Gasteiger partial charge in [0, 0.05) is 0 Å². The van der Waals surface area contributed by atoms with Crippen LogP contribution in [0.2, 0.25) is 0 Å². The second-order valence-corrected chi connectivity index (χ2v) is 17.3. The van der Waals surface area contributed by atoms with Crippen molar-refractivity contribution in [1.82, 2.24) is 0 Å². The third-order valence-corrected chi connectivity index (χ3v) is 15.0. The second-order valence-electron chi connectivity index (χ2n) is 17.3. The van der Waals surface area contributed by atoms with E-state index in [4.69, 9.17) is 0 Å². The van der Waals surface area contributed by atoms with Crippen molar-refractivity contribution < 1.29 is 0 Å². The van der Waals surface area contributed by atoms with Gasteiger partial charge >= 0.3 is 0 Å². The average Bonchev–Trinajstić information content (AvgIpc) is 2.85. The molecule has 8 bridgehead atoms. The summed E-state index contributed by atoms with van der Waals surface area (Å²) in [6.45, 7) is 19.5. The molecule has 0 heteroatoms. The molecule has 0 radical (unpaired) electrons. The molecule has 0 heterocycles. The Kier molecular flexibility index (Phi) is 5.27. The van der Waals surface area contributed by atoms with Gasteiger partial charge < -0.3 is 0 Å². The highest BCUT2D eigenvalue weighted by Crippen LogP contribution is 2.79. The Labute approximate surface area is 245 Å².